The zero-order valence-electron chi connectivity index (χ0n) is 7.51. The SMILES string of the molecule is O=C1C2C=CC=CC2=NC2=[N+]1CCO2. The van der Waals surface area contributed by atoms with Crippen LogP contribution in [0.15, 0.2) is 29.3 Å². The minimum atomic E-state index is -0.203. The lowest BCUT2D eigenvalue weighted by Crippen LogP contribution is -2.38. The van der Waals surface area contributed by atoms with Crippen molar-refractivity contribution in [2.45, 2.75) is 0 Å². The molecule has 0 fully saturated rings. The Labute approximate surface area is 80.9 Å². The van der Waals surface area contributed by atoms with Gasteiger partial charge in [0.25, 0.3) is 0 Å². The molecule has 0 aromatic heterocycles. The Morgan fingerprint density at radius 1 is 1.50 bits per heavy atom. The number of allylic oxidation sites excluding steroid dienone is 3. The molecule has 0 radical (unpaired) electrons. The van der Waals surface area contributed by atoms with Crippen LogP contribution in [-0.2, 0) is 9.53 Å². The van der Waals surface area contributed by atoms with Crippen LogP contribution in [0.1, 0.15) is 0 Å². The highest BCUT2D eigenvalue weighted by Gasteiger charge is 2.42. The molecule has 1 atom stereocenters. The standard InChI is InChI=1S/C10H9N2O2/c13-9-7-3-1-2-4-8(7)11-10-12(9)5-6-14-10/h1-4,7H,5-6H2/q+1. The summed E-state index contributed by atoms with van der Waals surface area (Å²) >= 11 is 0. The molecule has 14 heavy (non-hydrogen) atoms. The molecule has 0 aromatic carbocycles. The van der Waals surface area contributed by atoms with Gasteiger partial charge in [-0.1, -0.05) is 18.2 Å². The molecule has 3 aliphatic rings. The molecule has 1 unspecified atom stereocenters. The van der Waals surface area contributed by atoms with E-state index < -0.39 is 0 Å². The maximum Gasteiger partial charge on any atom is 0.501 e. The average molecular weight is 189 g/mol. The van der Waals surface area contributed by atoms with Crippen LogP contribution >= 0.6 is 0 Å². The van der Waals surface area contributed by atoms with E-state index in [1.807, 2.05) is 24.3 Å². The van der Waals surface area contributed by atoms with Crippen LogP contribution in [0.3, 0.4) is 0 Å². The van der Waals surface area contributed by atoms with Crippen molar-refractivity contribution < 1.29 is 14.1 Å². The maximum atomic E-state index is 11.9. The molecule has 1 aliphatic carbocycles. The molecule has 2 heterocycles. The fraction of sp³-hybridized carbons (Fsp3) is 0.300. The van der Waals surface area contributed by atoms with Gasteiger partial charge in [0.15, 0.2) is 5.71 Å². The lowest BCUT2D eigenvalue weighted by molar-refractivity contribution is -0.442. The van der Waals surface area contributed by atoms with Crippen molar-refractivity contribution in [1.82, 2.24) is 0 Å². The van der Waals surface area contributed by atoms with E-state index in [0.717, 1.165) is 5.71 Å². The summed E-state index contributed by atoms with van der Waals surface area (Å²) in [5.41, 5.74) is 0.783. The van der Waals surface area contributed by atoms with Gasteiger partial charge in [0.1, 0.15) is 19.1 Å². The van der Waals surface area contributed by atoms with Crippen molar-refractivity contribution >= 4 is 17.6 Å². The number of nitrogens with zero attached hydrogens (tertiary/aromatic N) is 2. The van der Waals surface area contributed by atoms with Crippen LogP contribution in [-0.4, -0.2) is 35.4 Å². The summed E-state index contributed by atoms with van der Waals surface area (Å²) in [5.74, 6) is -0.131. The van der Waals surface area contributed by atoms with E-state index in [1.165, 1.54) is 0 Å². The molecule has 2 aliphatic heterocycles. The predicted molar refractivity (Wildman–Crippen MR) is 50.3 cm³/mol. The summed E-state index contributed by atoms with van der Waals surface area (Å²) in [6.45, 7) is 1.18. The largest absolute Gasteiger partial charge is 0.501 e. The number of amides is 1. The fourth-order valence-corrected chi connectivity index (χ4v) is 1.82. The molecule has 4 nitrogen and oxygen atoms in total. The van der Waals surface area contributed by atoms with Crippen molar-refractivity contribution in [3.8, 4) is 0 Å². The Hall–Kier alpha value is -1.71. The van der Waals surface area contributed by atoms with Gasteiger partial charge in [0, 0.05) is 0 Å². The van der Waals surface area contributed by atoms with E-state index in [0.29, 0.717) is 19.2 Å². The Bertz CT molecular complexity index is 429. The average Bonchev–Trinajstić information content (AvgIpc) is 2.66. The summed E-state index contributed by atoms with van der Waals surface area (Å²) in [6.07, 6.45) is 7.49. The molecule has 0 saturated heterocycles. The van der Waals surface area contributed by atoms with Gasteiger partial charge < -0.3 is 4.74 Å². The van der Waals surface area contributed by atoms with Gasteiger partial charge in [0.05, 0.1) is 0 Å². The highest BCUT2D eigenvalue weighted by atomic mass is 16.5. The van der Waals surface area contributed by atoms with Crippen molar-refractivity contribution in [3.63, 3.8) is 0 Å². The van der Waals surface area contributed by atoms with E-state index in [1.54, 1.807) is 4.58 Å². The number of aliphatic imine (C=N–C) groups is 1. The van der Waals surface area contributed by atoms with Crippen molar-refractivity contribution in [2.24, 2.45) is 10.9 Å². The third-order valence-electron chi connectivity index (χ3n) is 2.53. The Morgan fingerprint density at radius 3 is 3.36 bits per heavy atom. The minimum absolute atomic E-state index is 0.0723. The summed E-state index contributed by atoms with van der Waals surface area (Å²) < 4.78 is 6.86. The Morgan fingerprint density at radius 2 is 2.43 bits per heavy atom. The predicted octanol–water partition coefficient (Wildman–Crippen LogP) is 0.108. The molecule has 0 saturated carbocycles. The topological polar surface area (TPSA) is 41.7 Å². The second kappa shape index (κ2) is 2.64. The van der Waals surface area contributed by atoms with Gasteiger partial charge in [0.2, 0.25) is 0 Å². The number of rotatable bonds is 0. The second-order valence-corrected chi connectivity index (χ2v) is 3.38. The zero-order chi connectivity index (χ0) is 9.54. The molecular weight excluding hydrogens is 180 g/mol. The summed E-state index contributed by atoms with van der Waals surface area (Å²) in [6, 6.07) is 0.459. The number of carbonyl (C=O) groups excluding carboxylic acids is 1. The monoisotopic (exact) mass is 189 g/mol. The molecule has 0 spiro atoms. The molecule has 4 heteroatoms. The normalized spacial score (nSPS) is 28.4. The van der Waals surface area contributed by atoms with Crippen LogP contribution < -0.4 is 0 Å². The lowest BCUT2D eigenvalue weighted by Gasteiger charge is -2.12. The third-order valence-corrected chi connectivity index (χ3v) is 2.53. The highest BCUT2D eigenvalue weighted by Crippen LogP contribution is 2.18. The molecular formula is C10H9N2O2+. The smallest absolute Gasteiger partial charge is 0.424 e. The first-order valence-electron chi connectivity index (χ1n) is 4.61. The van der Waals surface area contributed by atoms with E-state index in [9.17, 15) is 4.79 Å². The highest BCUT2D eigenvalue weighted by molar-refractivity contribution is 6.16. The number of amidine groups is 1. The third kappa shape index (κ3) is 0.907. The van der Waals surface area contributed by atoms with Crippen LogP contribution in [0, 0.1) is 5.92 Å². The van der Waals surface area contributed by atoms with Crippen LogP contribution in [0.4, 0.5) is 0 Å². The van der Waals surface area contributed by atoms with Crippen LogP contribution in [0.5, 0.6) is 0 Å². The van der Waals surface area contributed by atoms with Crippen LogP contribution in [0.2, 0.25) is 0 Å². The molecule has 0 bridgehead atoms. The van der Waals surface area contributed by atoms with Gasteiger partial charge in [-0.25, -0.2) is 4.79 Å². The number of hydrogen-bond acceptors (Lipinski definition) is 3. The van der Waals surface area contributed by atoms with Gasteiger partial charge in [-0.15, -0.1) is 0 Å². The van der Waals surface area contributed by atoms with Crippen molar-refractivity contribution in [3.05, 3.63) is 24.3 Å². The molecule has 0 aromatic rings. The summed E-state index contributed by atoms with van der Waals surface area (Å²) in [5, 5.41) is 0. The van der Waals surface area contributed by atoms with Gasteiger partial charge >= 0.3 is 11.9 Å². The Kier molecular flexibility index (Phi) is 1.45. The van der Waals surface area contributed by atoms with E-state index in [-0.39, 0.29) is 11.8 Å². The quantitative estimate of drug-likeness (QED) is 0.507. The van der Waals surface area contributed by atoms with E-state index in [2.05, 4.69) is 4.99 Å². The molecule has 3 rings (SSSR count). The number of ether oxygens (including phenoxy) is 1. The van der Waals surface area contributed by atoms with E-state index in [4.69, 9.17) is 4.74 Å². The molecule has 70 valence electrons. The van der Waals surface area contributed by atoms with E-state index >= 15 is 0 Å². The van der Waals surface area contributed by atoms with Gasteiger partial charge in [-0.2, -0.15) is 4.58 Å². The number of carbonyl (C=O) groups is 1. The first kappa shape index (κ1) is 7.67. The maximum absolute atomic E-state index is 11.9. The van der Waals surface area contributed by atoms with Crippen molar-refractivity contribution in [2.75, 3.05) is 13.2 Å². The van der Waals surface area contributed by atoms with Crippen molar-refractivity contribution in [1.29, 1.82) is 0 Å². The van der Waals surface area contributed by atoms with Crippen LogP contribution in [0.25, 0.3) is 0 Å². The Balaban J connectivity index is 2.11. The molecule has 0 N–H and O–H groups in total. The summed E-state index contributed by atoms with van der Waals surface area (Å²) in [7, 11) is 0. The van der Waals surface area contributed by atoms with Gasteiger partial charge in [-0.3, -0.25) is 0 Å². The first-order valence-corrected chi connectivity index (χ1v) is 4.61. The summed E-state index contributed by atoms with van der Waals surface area (Å²) in [4.78, 5) is 16.2. The fourth-order valence-electron chi connectivity index (χ4n) is 1.82. The zero-order valence-corrected chi connectivity index (χ0v) is 7.51. The minimum Gasteiger partial charge on any atom is -0.424 e. The van der Waals surface area contributed by atoms with Gasteiger partial charge in [-0.05, 0) is 11.1 Å². The lowest BCUT2D eigenvalue weighted by atomic mass is 9.96. The first-order chi connectivity index (χ1) is 6.86. The number of fused-ring (bicyclic) bond motifs is 1. The number of hydrogen-bond donors (Lipinski definition) is 0. The second-order valence-electron chi connectivity index (χ2n) is 3.38. The molecule has 1 amide bonds.